The van der Waals surface area contributed by atoms with Crippen LogP contribution in [0.2, 0.25) is 0 Å². The summed E-state index contributed by atoms with van der Waals surface area (Å²) in [6.45, 7) is 1.42. The van der Waals surface area contributed by atoms with Gasteiger partial charge in [-0.1, -0.05) is 39.3 Å². The number of rotatable bonds is 3. The maximum atomic E-state index is 12.3. The lowest BCUT2D eigenvalue weighted by Gasteiger charge is -2.16. The standard InChI is InChI=1S/C14H14BrN3O2/c15-12-4-2-1-3-10(12)7-13(19)18-6-5-11(8-18)14-16-9-20-17-14/h1-4,9,11H,5-8H2. The van der Waals surface area contributed by atoms with Gasteiger partial charge in [0, 0.05) is 23.5 Å². The van der Waals surface area contributed by atoms with Crippen molar-refractivity contribution < 1.29 is 9.32 Å². The molecule has 3 rings (SSSR count). The molecule has 20 heavy (non-hydrogen) atoms. The Morgan fingerprint density at radius 2 is 2.30 bits per heavy atom. The second-order valence-corrected chi connectivity index (χ2v) is 5.74. The zero-order valence-corrected chi connectivity index (χ0v) is 12.4. The average Bonchev–Trinajstić information content (AvgIpc) is 3.11. The Bertz CT molecular complexity index is 600. The van der Waals surface area contributed by atoms with Crippen molar-refractivity contribution >= 4 is 21.8 Å². The van der Waals surface area contributed by atoms with E-state index < -0.39 is 0 Å². The zero-order valence-electron chi connectivity index (χ0n) is 10.8. The molecule has 0 spiro atoms. The Morgan fingerprint density at radius 1 is 1.45 bits per heavy atom. The third kappa shape index (κ3) is 2.75. The molecule has 1 atom stereocenters. The lowest BCUT2D eigenvalue weighted by Crippen LogP contribution is -2.30. The number of halogens is 1. The Balaban J connectivity index is 1.63. The van der Waals surface area contributed by atoms with Crippen molar-refractivity contribution in [2.45, 2.75) is 18.8 Å². The van der Waals surface area contributed by atoms with Crippen LogP contribution in [-0.2, 0) is 11.2 Å². The van der Waals surface area contributed by atoms with Crippen molar-refractivity contribution in [2.75, 3.05) is 13.1 Å². The normalized spacial score (nSPS) is 18.4. The van der Waals surface area contributed by atoms with E-state index >= 15 is 0 Å². The van der Waals surface area contributed by atoms with Crippen molar-refractivity contribution in [2.24, 2.45) is 0 Å². The number of nitrogens with zero attached hydrogens (tertiary/aromatic N) is 3. The highest BCUT2D eigenvalue weighted by Gasteiger charge is 2.29. The number of amides is 1. The highest BCUT2D eigenvalue weighted by Crippen LogP contribution is 2.25. The Hall–Kier alpha value is -1.69. The molecule has 1 amide bonds. The summed E-state index contributed by atoms with van der Waals surface area (Å²) >= 11 is 3.47. The van der Waals surface area contributed by atoms with Gasteiger partial charge in [0.1, 0.15) is 0 Å². The molecule has 1 fully saturated rings. The van der Waals surface area contributed by atoms with Gasteiger partial charge in [0.2, 0.25) is 12.3 Å². The summed E-state index contributed by atoms with van der Waals surface area (Å²) in [5.41, 5.74) is 1.01. The molecule has 2 heterocycles. The fourth-order valence-electron chi connectivity index (χ4n) is 2.47. The van der Waals surface area contributed by atoms with E-state index in [4.69, 9.17) is 4.52 Å². The van der Waals surface area contributed by atoms with Crippen LogP contribution in [-0.4, -0.2) is 34.0 Å². The van der Waals surface area contributed by atoms with Gasteiger partial charge in [-0.05, 0) is 18.1 Å². The van der Waals surface area contributed by atoms with Crippen molar-refractivity contribution in [3.05, 3.63) is 46.5 Å². The quantitative estimate of drug-likeness (QED) is 0.864. The van der Waals surface area contributed by atoms with Gasteiger partial charge in [-0.15, -0.1) is 0 Å². The van der Waals surface area contributed by atoms with Crippen LogP contribution in [0.4, 0.5) is 0 Å². The molecular formula is C14H14BrN3O2. The van der Waals surface area contributed by atoms with Crippen LogP contribution in [0.15, 0.2) is 39.7 Å². The monoisotopic (exact) mass is 335 g/mol. The minimum absolute atomic E-state index is 0.142. The Morgan fingerprint density at radius 3 is 3.05 bits per heavy atom. The molecule has 2 aromatic rings. The Kier molecular flexibility index (Phi) is 3.82. The van der Waals surface area contributed by atoms with Gasteiger partial charge in [0.25, 0.3) is 0 Å². The fourth-order valence-corrected chi connectivity index (χ4v) is 2.90. The van der Waals surface area contributed by atoms with Crippen LogP contribution in [0.1, 0.15) is 23.7 Å². The predicted octanol–water partition coefficient (Wildman–Crippen LogP) is 2.39. The minimum atomic E-state index is 0.142. The molecule has 0 saturated carbocycles. The summed E-state index contributed by atoms with van der Waals surface area (Å²) in [6, 6.07) is 7.81. The largest absolute Gasteiger partial charge is 0.343 e. The smallest absolute Gasteiger partial charge is 0.227 e. The second kappa shape index (κ2) is 5.75. The van der Waals surface area contributed by atoms with E-state index in [9.17, 15) is 4.79 Å². The topological polar surface area (TPSA) is 59.2 Å². The van der Waals surface area contributed by atoms with Crippen LogP contribution >= 0.6 is 15.9 Å². The van der Waals surface area contributed by atoms with Gasteiger partial charge < -0.3 is 9.42 Å². The predicted molar refractivity (Wildman–Crippen MR) is 76.1 cm³/mol. The molecule has 0 radical (unpaired) electrons. The van der Waals surface area contributed by atoms with Gasteiger partial charge in [-0.25, -0.2) is 0 Å². The molecule has 6 heteroatoms. The van der Waals surface area contributed by atoms with Crippen molar-refractivity contribution in [3.8, 4) is 0 Å². The zero-order chi connectivity index (χ0) is 13.9. The van der Waals surface area contributed by atoms with Crippen LogP contribution in [0, 0.1) is 0 Å². The molecule has 1 aliphatic heterocycles. The molecule has 0 bridgehead atoms. The van der Waals surface area contributed by atoms with Crippen LogP contribution < -0.4 is 0 Å². The molecule has 1 saturated heterocycles. The summed E-state index contributed by atoms with van der Waals surface area (Å²) in [5, 5.41) is 3.86. The summed E-state index contributed by atoms with van der Waals surface area (Å²) in [6.07, 6.45) is 2.64. The third-order valence-electron chi connectivity index (χ3n) is 3.58. The van der Waals surface area contributed by atoms with Crippen molar-refractivity contribution in [1.29, 1.82) is 0 Å². The maximum Gasteiger partial charge on any atom is 0.227 e. The van der Waals surface area contributed by atoms with E-state index in [0.29, 0.717) is 18.8 Å². The molecular weight excluding hydrogens is 322 g/mol. The van der Waals surface area contributed by atoms with E-state index in [1.165, 1.54) is 6.39 Å². The lowest BCUT2D eigenvalue weighted by atomic mass is 10.1. The minimum Gasteiger partial charge on any atom is -0.343 e. The number of aromatic nitrogens is 2. The van der Waals surface area contributed by atoms with Crippen molar-refractivity contribution in [1.82, 2.24) is 15.0 Å². The molecule has 1 unspecified atom stereocenters. The molecule has 104 valence electrons. The van der Waals surface area contributed by atoms with E-state index in [1.54, 1.807) is 0 Å². The van der Waals surface area contributed by atoms with Gasteiger partial charge in [0.15, 0.2) is 5.82 Å². The second-order valence-electron chi connectivity index (χ2n) is 4.88. The fraction of sp³-hybridized carbons (Fsp3) is 0.357. The van der Waals surface area contributed by atoms with E-state index in [2.05, 4.69) is 26.1 Å². The van der Waals surface area contributed by atoms with Crippen molar-refractivity contribution in [3.63, 3.8) is 0 Å². The molecule has 5 nitrogen and oxygen atoms in total. The average molecular weight is 336 g/mol. The maximum absolute atomic E-state index is 12.3. The van der Waals surface area contributed by atoms with Crippen LogP contribution in [0.25, 0.3) is 0 Å². The van der Waals surface area contributed by atoms with E-state index in [0.717, 1.165) is 23.0 Å². The van der Waals surface area contributed by atoms with Gasteiger partial charge in [-0.3, -0.25) is 4.79 Å². The third-order valence-corrected chi connectivity index (χ3v) is 4.36. The van der Waals surface area contributed by atoms with Gasteiger partial charge in [0.05, 0.1) is 6.42 Å². The first-order chi connectivity index (χ1) is 9.74. The van der Waals surface area contributed by atoms with E-state index in [-0.39, 0.29) is 11.8 Å². The van der Waals surface area contributed by atoms with Crippen LogP contribution in [0.5, 0.6) is 0 Å². The first kappa shape index (κ1) is 13.3. The molecule has 0 N–H and O–H groups in total. The highest BCUT2D eigenvalue weighted by molar-refractivity contribution is 9.10. The summed E-state index contributed by atoms with van der Waals surface area (Å²) in [5.74, 6) is 1.03. The molecule has 0 aliphatic carbocycles. The number of hydrogen-bond donors (Lipinski definition) is 0. The SMILES string of the molecule is O=C(Cc1ccccc1Br)N1CCC(c2ncon2)C1. The highest BCUT2D eigenvalue weighted by atomic mass is 79.9. The summed E-state index contributed by atoms with van der Waals surface area (Å²) < 4.78 is 5.74. The van der Waals surface area contributed by atoms with Crippen LogP contribution in [0.3, 0.4) is 0 Å². The van der Waals surface area contributed by atoms with Gasteiger partial charge in [-0.2, -0.15) is 4.98 Å². The summed E-state index contributed by atoms with van der Waals surface area (Å²) in [7, 11) is 0. The number of carbonyl (C=O) groups is 1. The first-order valence-corrected chi connectivity index (χ1v) is 7.31. The lowest BCUT2D eigenvalue weighted by molar-refractivity contribution is -0.129. The molecule has 1 aromatic carbocycles. The number of likely N-dealkylation sites (tertiary alicyclic amines) is 1. The summed E-state index contributed by atoms with van der Waals surface area (Å²) in [4.78, 5) is 18.3. The first-order valence-electron chi connectivity index (χ1n) is 6.51. The molecule has 1 aliphatic rings. The number of carbonyl (C=O) groups excluding carboxylic acids is 1. The number of hydrogen-bond acceptors (Lipinski definition) is 4. The van der Waals surface area contributed by atoms with E-state index in [1.807, 2.05) is 29.2 Å². The van der Waals surface area contributed by atoms with Gasteiger partial charge >= 0.3 is 0 Å². The Labute approximate surface area is 125 Å². The number of benzene rings is 1. The molecule has 1 aromatic heterocycles.